The lowest BCUT2D eigenvalue weighted by molar-refractivity contribution is -0.145. The Morgan fingerprint density at radius 1 is 1.10 bits per heavy atom. The Labute approximate surface area is 126 Å². The van der Waals surface area contributed by atoms with Crippen molar-refractivity contribution in [3.05, 3.63) is 0 Å². The molecular weight excluding hydrogens is 303 g/mol. The first-order valence-electron chi connectivity index (χ1n) is 6.88. The molecule has 0 unspecified atom stereocenters. The number of ether oxygens (including phenoxy) is 1. The van der Waals surface area contributed by atoms with Crippen molar-refractivity contribution < 1.29 is 23.1 Å². The highest BCUT2D eigenvalue weighted by Crippen LogP contribution is 2.58. The van der Waals surface area contributed by atoms with Crippen LogP contribution >= 0.6 is 19.2 Å². The summed E-state index contributed by atoms with van der Waals surface area (Å²) in [7, 11) is -3.58. The molecular formula is C13H26ClO5P. The highest BCUT2D eigenvalue weighted by atomic mass is 35.5. The average molecular weight is 329 g/mol. The lowest BCUT2D eigenvalue weighted by Gasteiger charge is -2.32. The van der Waals surface area contributed by atoms with Gasteiger partial charge in [0.1, 0.15) is 5.88 Å². The molecule has 0 aliphatic rings. The van der Waals surface area contributed by atoms with Crippen LogP contribution in [0.5, 0.6) is 0 Å². The summed E-state index contributed by atoms with van der Waals surface area (Å²) in [6, 6.07) is 0. The number of carbonyl (C=O) groups is 1. The number of hydrogen-bond acceptors (Lipinski definition) is 5. The van der Waals surface area contributed by atoms with Gasteiger partial charge in [-0.05, 0) is 34.1 Å². The van der Waals surface area contributed by atoms with E-state index in [4.69, 9.17) is 25.4 Å². The largest absolute Gasteiger partial charge is 0.448 e. The van der Waals surface area contributed by atoms with Crippen molar-refractivity contribution in [2.75, 3.05) is 5.88 Å². The number of halogens is 1. The predicted octanol–water partition coefficient (Wildman–Crippen LogP) is 4.18. The van der Waals surface area contributed by atoms with E-state index in [1.807, 2.05) is 13.8 Å². The van der Waals surface area contributed by atoms with E-state index in [1.54, 1.807) is 27.7 Å². The first-order valence-corrected chi connectivity index (χ1v) is 9.02. The molecule has 0 heterocycles. The SMILES string of the molecule is CC[C@H](C)[C@@H](OC(=O)CCl)P(=O)(OC(C)C)OC(C)C. The van der Waals surface area contributed by atoms with Crippen molar-refractivity contribution in [1.82, 2.24) is 0 Å². The van der Waals surface area contributed by atoms with Gasteiger partial charge in [0.2, 0.25) is 5.85 Å². The van der Waals surface area contributed by atoms with Crippen molar-refractivity contribution in [3.63, 3.8) is 0 Å². The number of alkyl halides is 1. The molecule has 0 aliphatic carbocycles. The molecule has 0 saturated carbocycles. The third-order valence-corrected chi connectivity index (χ3v) is 5.41. The third-order valence-electron chi connectivity index (χ3n) is 2.52. The van der Waals surface area contributed by atoms with Crippen molar-refractivity contribution >= 4 is 25.2 Å². The average Bonchev–Trinajstić information content (AvgIpc) is 2.32. The van der Waals surface area contributed by atoms with Gasteiger partial charge in [0, 0.05) is 5.92 Å². The molecule has 120 valence electrons. The van der Waals surface area contributed by atoms with Crippen LogP contribution in [0.4, 0.5) is 0 Å². The number of rotatable bonds is 9. The maximum Gasteiger partial charge on any atom is 0.371 e. The van der Waals surface area contributed by atoms with Gasteiger partial charge < -0.3 is 13.8 Å². The zero-order valence-corrected chi connectivity index (χ0v) is 14.7. The summed E-state index contributed by atoms with van der Waals surface area (Å²) in [6.45, 7) is 10.8. The Bertz CT molecular complexity index is 332. The zero-order chi connectivity index (χ0) is 15.9. The first kappa shape index (κ1) is 19.9. The summed E-state index contributed by atoms with van der Waals surface area (Å²) >= 11 is 5.46. The molecule has 0 spiro atoms. The van der Waals surface area contributed by atoms with Crippen LogP contribution in [-0.2, 0) is 23.1 Å². The van der Waals surface area contributed by atoms with Gasteiger partial charge in [-0.2, -0.15) is 0 Å². The summed E-state index contributed by atoms with van der Waals surface area (Å²) in [5.41, 5.74) is 0. The Morgan fingerprint density at radius 3 is 1.85 bits per heavy atom. The van der Waals surface area contributed by atoms with Gasteiger partial charge in [-0.1, -0.05) is 13.8 Å². The Kier molecular flexibility index (Phi) is 8.99. The fourth-order valence-corrected chi connectivity index (χ4v) is 4.20. The first-order chi connectivity index (χ1) is 9.16. The number of hydrogen-bond donors (Lipinski definition) is 0. The normalized spacial score (nSPS) is 15.4. The van der Waals surface area contributed by atoms with E-state index >= 15 is 0 Å². The standard InChI is InChI=1S/C13H26ClO5P/c1-7-11(6)13(17-12(15)8-14)20(16,18-9(2)3)19-10(4)5/h9-11,13H,7-8H2,1-6H3/t11-,13-/m0/s1. The van der Waals surface area contributed by atoms with Crippen LogP contribution in [0.1, 0.15) is 48.0 Å². The van der Waals surface area contributed by atoms with Crippen LogP contribution in [0.3, 0.4) is 0 Å². The Hall–Kier alpha value is -0.0900. The van der Waals surface area contributed by atoms with E-state index in [0.29, 0.717) is 6.42 Å². The molecule has 0 bridgehead atoms. The second-order valence-corrected chi connectivity index (χ2v) is 7.53. The minimum atomic E-state index is -3.58. The highest BCUT2D eigenvalue weighted by Gasteiger charge is 2.43. The molecule has 0 fully saturated rings. The molecule has 0 radical (unpaired) electrons. The number of carbonyl (C=O) groups excluding carboxylic acids is 1. The van der Waals surface area contributed by atoms with Crippen LogP contribution in [0.15, 0.2) is 0 Å². The Morgan fingerprint density at radius 2 is 1.55 bits per heavy atom. The van der Waals surface area contributed by atoms with Gasteiger partial charge in [-0.25, -0.2) is 0 Å². The summed E-state index contributed by atoms with van der Waals surface area (Å²) < 4.78 is 29.2. The van der Waals surface area contributed by atoms with Gasteiger partial charge in [-0.3, -0.25) is 9.36 Å². The van der Waals surface area contributed by atoms with Gasteiger partial charge in [0.25, 0.3) is 0 Å². The second-order valence-electron chi connectivity index (χ2n) is 5.25. The minimum Gasteiger partial charge on any atom is -0.448 e. The highest BCUT2D eigenvalue weighted by molar-refractivity contribution is 7.54. The molecule has 0 rings (SSSR count). The quantitative estimate of drug-likeness (QED) is 0.361. The molecule has 0 amide bonds. The van der Waals surface area contributed by atoms with Crippen molar-refractivity contribution in [2.45, 2.75) is 66.0 Å². The van der Waals surface area contributed by atoms with Gasteiger partial charge >= 0.3 is 13.6 Å². The van der Waals surface area contributed by atoms with Crippen LogP contribution in [0, 0.1) is 5.92 Å². The molecule has 20 heavy (non-hydrogen) atoms. The topological polar surface area (TPSA) is 61.8 Å². The van der Waals surface area contributed by atoms with E-state index in [0.717, 1.165) is 0 Å². The minimum absolute atomic E-state index is 0.162. The summed E-state index contributed by atoms with van der Waals surface area (Å²) in [6.07, 6.45) is 0.0642. The van der Waals surface area contributed by atoms with Crippen molar-refractivity contribution in [3.8, 4) is 0 Å². The zero-order valence-electron chi connectivity index (χ0n) is 13.1. The summed E-state index contributed by atoms with van der Waals surface area (Å²) in [4.78, 5) is 11.5. The van der Waals surface area contributed by atoms with E-state index in [-0.39, 0.29) is 24.0 Å². The molecule has 0 saturated heterocycles. The molecule has 0 aromatic carbocycles. The fraction of sp³-hybridized carbons (Fsp3) is 0.923. The molecule has 0 N–H and O–H groups in total. The van der Waals surface area contributed by atoms with E-state index in [2.05, 4.69) is 0 Å². The Balaban J connectivity index is 5.37. The number of esters is 1. The molecule has 2 atom stereocenters. The van der Waals surface area contributed by atoms with Crippen molar-refractivity contribution in [2.24, 2.45) is 5.92 Å². The van der Waals surface area contributed by atoms with Crippen LogP contribution in [-0.4, -0.2) is 29.9 Å². The van der Waals surface area contributed by atoms with Gasteiger partial charge in [0.15, 0.2) is 0 Å². The maximum absolute atomic E-state index is 13.0. The maximum atomic E-state index is 13.0. The summed E-state index contributed by atoms with van der Waals surface area (Å²) in [5.74, 6) is -2.03. The lowest BCUT2D eigenvalue weighted by Crippen LogP contribution is -2.29. The molecule has 0 aliphatic heterocycles. The smallest absolute Gasteiger partial charge is 0.371 e. The van der Waals surface area contributed by atoms with E-state index in [9.17, 15) is 9.36 Å². The molecule has 0 aromatic rings. The fourth-order valence-electron chi connectivity index (χ4n) is 1.59. The second kappa shape index (κ2) is 9.04. The predicted molar refractivity (Wildman–Crippen MR) is 80.1 cm³/mol. The van der Waals surface area contributed by atoms with Gasteiger partial charge in [-0.15, -0.1) is 11.6 Å². The van der Waals surface area contributed by atoms with Crippen LogP contribution < -0.4 is 0 Å². The summed E-state index contributed by atoms with van der Waals surface area (Å²) in [5, 5.41) is 0. The molecule has 7 heteroatoms. The van der Waals surface area contributed by atoms with E-state index < -0.39 is 19.4 Å². The van der Waals surface area contributed by atoms with Crippen molar-refractivity contribution in [1.29, 1.82) is 0 Å². The third kappa shape index (κ3) is 6.57. The lowest BCUT2D eigenvalue weighted by atomic mass is 10.1. The van der Waals surface area contributed by atoms with E-state index in [1.165, 1.54) is 0 Å². The van der Waals surface area contributed by atoms with Crippen LogP contribution in [0.25, 0.3) is 0 Å². The van der Waals surface area contributed by atoms with Gasteiger partial charge in [0.05, 0.1) is 12.2 Å². The monoisotopic (exact) mass is 328 g/mol. The molecule has 0 aromatic heterocycles. The molecule has 5 nitrogen and oxygen atoms in total. The van der Waals surface area contributed by atoms with Crippen LogP contribution in [0.2, 0.25) is 0 Å².